The highest BCUT2D eigenvalue weighted by molar-refractivity contribution is 7.98. The molecule has 0 atom stereocenters. The van der Waals surface area contributed by atoms with Gasteiger partial charge in [-0.15, -0.1) is 11.8 Å². The Morgan fingerprint density at radius 3 is 2.54 bits per heavy atom. The molecule has 0 bridgehead atoms. The van der Waals surface area contributed by atoms with Crippen molar-refractivity contribution in [1.29, 1.82) is 0 Å². The molecule has 1 N–H and O–H groups in total. The minimum absolute atomic E-state index is 0.0218. The normalized spacial score (nSPS) is 14.8. The minimum Gasteiger partial charge on any atom is -0.352 e. The first-order valence-corrected chi connectivity index (χ1v) is 11.0. The molecule has 2 amide bonds. The lowest BCUT2D eigenvalue weighted by Gasteiger charge is -2.32. The maximum atomic E-state index is 12.8. The summed E-state index contributed by atoms with van der Waals surface area (Å²) in [5.41, 5.74) is 1.10. The molecule has 5 nitrogen and oxygen atoms in total. The Bertz CT molecular complexity index is 850. The molecule has 1 aromatic carbocycles. The molecule has 28 heavy (non-hydrogen) atoms. The Hall–Kier alpha value is -1.76. The molecule has 1 aliphatic heterocycles. The summed E-state index contributed by atoms with van der Waals surface area (Å²) in [4.78, 5) is 31.2. The molecule has 2 aromatic rings. The smallest absolute Gasteiger partial charge is 0.256 e. The molecule has 2 heterocycles. The number of halogens is 2. The lowest BCUT2D eigenvalue weighted by Crippen LogP contribution is -2.41. The first kappa shape index (κ1) is 21.0. The van der Waals surface area contributed by atoms with Crippen LogP contribution in [-0.2, 0) is 0 Å². The largest absolute Gasteiger partial charge is 0.352 e. The van der Waals surface area contributed by atoms with Crippen LogP contribution in [0, 0.1) is 5.92 Å². The predicted octanol–water partition coefficient (Wildman–Crippen LogP) is 4.39. The number of amides is 2. The molecule has 1 aliphatic rings. The van der Waals surface area contributed by atoms with Crippen molar-refractivity contribution in [3.63, 3.8) is 0 Å². The molecule has 0 spiro atoms. The van der Waals surface area contributed by atoms with Crippen molar-refractivity contribution in [2.75, 3.05) is 25.9 Å². The number of pyridine rings is 1. The number of likely N-dealkylation sites (tertiary alicyclic amines) is 1. The van der Waals surface area contributed by atoms with Crippen LogP contribution in [0.1, 0.15) is 33.6 Å². The van der Waals surface area contributed by atoms with Gasteiger partial charge in [0.05, 0.1) is 5.56 Å². The van der Waals surface area contributed by atoms with Crippen LogP contribution in [0.5, 0.6) is 0 Å². The molecular formula is C20H21Cl2N3O2S. The average Bonchev–Trinajstić information content (AvgIpc) is 2.71. The van der Waals surface area contributed by atoms with E-state index in [1.807, 2.05) is 17.2 Å². The van der Waals surface area contributed by atoms with Gasteiger partial charge in [-0.25, -0.2) is 4.98 Å². The Balaban J connectivity index is 1.51. The van der Waals surface area contributed by atoms with Crippen molar-refractivity contribution >= 4 is 46.8 Å². The van der Waals surface area contributed by atoms with E-state index in [9.17, 15) is 9.59 Å². The summed E-state index contributed by atoms with van der Waals surface area (Å²) in [6.07, 6.45) is 5.31. The van der Waals surface area contributed by atoms with Crippen LogP contribution in [0.25, 0.3) is 0 Å². The highest BCUT2D eigenvalue weighted by Crippen LogP contribution is 2.23. The van der Waals surface area contributed by atoms with Crippen LogP contribution < -0.4 is 5.32 Å². The molecule has 0 unspecified atom stereocenters. The van der Waals surface area contributed by atoms with Crippen LogP contribution in [-0.4, -0.2) is 47.6 Å². The fraction of sp³-hybridized carbons (Fsp3) is 0.350. The van der Waals surface area contributed by atoms with Crippen molar-refractivity contribution in [3.8, 4) is 0 Å². The van der Waals surface area contributed by atoms with Crippen molar-refractivity contribution < 1.29 is 9.59 Å². The molecule has 0 saturated carbocycles. The summed E-state index contributed by atoms with van der Waals surface area (Å²) in [6, 6.07) is 8.40. The number of benzene rings is 1. The summed E-state index contributed by atoms with van der Waals surface area (Å²) in [6.45, 7) is 1.91. The molecule has 3 rings (SSSR count). The van der Waals surface area contributed by atoms with Crippen LogP contribution in [0.2, 0.25) is 10.0 Å². The fourth-order valence-electron chi connectivity index (χ4n) is 3.25. The molecule has 148 valence electrons. The third-order valence-electron chi connectivity index (χ3n) is 4.77. The van der Waals surface area contributed by atoms with E-state index in [1.165, 1.54) is 11.8 Å². The molecule has 1 aromatic heterocycles. The van der Waals surface area contributed by atoms with Crippen molar-refractivity contribution in [1.82, 2.24) is 15.2 Å². The number of nitrogens with zero attached hydrogens (tertiary/aromatic N) is 2. The maximum Gasteiger partial charge on any atom is 0.256 e. The second-order valence-electron chi connectivity index (χ2n) is 6.66. The molecule has 0 aliphatic carbocycles. The summed E-state index contributed by atoms with van der Waals surface area (Å²) >= 11 is 13.4. The fourth-order valence-corrected chi connectivity index (χ4v) is 4.32. The Morgan fingerprint density at radius 1 is 1.21 bits per heavy atom. The highest BCUT2D eigenvalue weighted by Gasteiger charge is 2.25. The quantitative estimate of drug-likeness (QED) is 0.704. The zero-order chi connectivity index (χ0) is 20.1. The average molecular weight is 438 g/mol. The van der Waals surface area contributed by atoms with Gasteiger partial charge < -0.3 is 10.2 Å². The third kappa shape index (κ3) is 5.19. The number of thioether (sulfide) groups is 1. The SMILES string of the molecule is CSc1ncccc1C(=O)N1CCC(CNC(=O)c2cc(Cl)cc(Cl)c2)CC1. The van der Waals surface area contributed by atoms with E-state index in [0.29, 0.717) is 46.7 Å². The number of hydrogen-bond donors (Lipinski definition) is 1. The molecule has 1 fully saturated rings. The van der Waals surface area contributed by atoms with Crippen molar-refractivity contribution in [2.24, 2.45) is 5.92 Å². The van der Waals surface area contributed by atoms with Crippen molar-refractivity contribution in [3.05, 3.63) is 57.7 Å². The lowest BCUT2D eigenvalue weighted by molar-refractivity contribution is 0.0680. The number of aromatic nitrogens is 1. The van der Waals surface area contributed by atoms with Gasteiger partial charge >= 0.3 is 0 Å². The standard InChI is InChI=1S/C20H21Cl2N3O2S/c1-28-19-17(3-2-6-23-19)20(27)25-7-4-13(5-8-25)12-24-18(26)14-9-15(21)11-16(22)10-14/h2-3,6,9-11,13H,4-5,7-8,12H2,1H3,(H,24,26). The van der Waals surface area contributed by atoms with Gasteiger partial charge in [-0.2, -0.15) is 0 Å². The van der Waals surface area contributed by atoms with Crippen LogP contribution in [0.3, 0.4) is 0 Å². The minimum atomic E-state index is -0.192. The Labute approximate surface area is 178 Å². The predicted molar refractivity (Wildman–Crippen MR) is 113 cm³/mol. The van der Waals surface area contributed by atoms with Gasteiger partial charge in [0.1, 0.15) is 5.03 Å². The summed E-state index contributed by atoms with van der Waals surface area (Å²) in [5.74, 6) is 0.160. The van der Waals surface area contributed by atoms with E-state index >= 15 is 0 Å². The second kappa shape index (κ2) is 9.63. The van der Waals surface area contributed by atoms with E-state index in [1.54, 1.807) is 30.5 Å². The first-order valence-electron chi connectivity index (χ1n) is 9.00. The van der Waals surface area contributed by atoms with Gasteiger partial charge in [-0.3, -0.25) is 9.59 Å². The Kier molecular flexibility index (Phi) is 7.21. The van der Waals surface area contributed by atoms with Gasteiger partial charge in [-0.1, -0.05) is 23.2 Å². The lowest BCUT2D eigenvalue weighted by atomic mass is 9.96. The van der Waals surface area contributed by atoms with Crippen molar-refractivity contribution in [2.45, 2.75) is 17.9 Å². The van der Waals surface area contributed by atoms with E-state index in [-0.39, 0.29) is 11.8 Å². The van der Waals surface area contributed by atoms with Gasteiger partial charge in [0, 0.05) is 41.4 Å². The topological polar surface area (TPSA) is 62.3 Å². The molecule has 8 heteroatoms. The monoisotopic (exact) mass is 437 g/mol. The summed E-state index contributed by atoms with van der Waals surface area (Å²) in [7, 11) is 0. The summed E-state index contributed by atoms with van der Waals surface area (Å²) in [5, 5.41) is 4.57. The molecule has 0 radical (unpaired) electrons. The zero-order valence-corrected chi connectivity index (χ0v) is 17.8. The van der Waals surface area contributed by atoms with E-state index in [4.69, 9.17) is 23.2 Å². The van der Waals surface area contributed by atoms with E-state index in [0.717, 1.165) is 17.9 Å². The van der Waals surface area contributed by atoms with Crippen LogP contribution in [0.15, 0.2) is 41.6 Å². The van der Waals surface area contributed by atoms with E-state index < -0.39 is 0 Å². The number of carbonyl (C=O) groups is 2. The van der Waals surface area contributed by atoms with Crippen LogP contribution in [0.4, 0.5) is 0 Å². The third-order valence-corrected chi connectivity index (χ3v) is 5.92. The highest BCUT2D eigenvalue weighted by atomic mass is 35.5. The second-order valence-corrected chi connectivity index (χ2v) is 8.33. The van der Waals surface area contributed by atoms with Gasteiger partial charge in [0.15, 0.2) is 0 Å². The maximum absolute atomic E-state index is 12.8. The van der Waals surface area contributed by atoms with E-state index in [2.05, 4.69) is 10.3 Å². The van der Waals surface area contributed by atoms with Gasteiger partial charge in [-0.05, 0) is 55.3 Å². The summed E-state index contributed by atoms with van der Waals surface area (Å²) < 4.78 is 0. The molecule has 1 saturated heterocycles. The number of hydrogen-bond acceptors (Lipinski definition) is 4. The van der Waals surface area contributed by atoms with Gasteiger partial charge in [0.2, 0.25) is 0 Å². The van der Waals surface area contributed by atoms with Gasteiger partial charge in [0.25, 0.3) is 11.8 Å². The zero-order valence-electron chi connectivity index (χ0n) is 15.5. The van der Waals surface area contributed by atoms with Crippen LogP contribution >= 0.6 is 35.0 Å². The molecular weight excluding hydrogens is 417 g/mol. The Morgan fingerprint density at radius 2 is 1.89 bits per heavy atom. The number of carbonyl (C=O) groups excluding carboxylic acids is 2. The number of rotatable bonds is 5. The first-order chi connectivity index (χ1) is 13.5. The number of nitrogens with one attached hydrogen (secondary N) is 1. The number of piperidine rings is 1.